The zero-order chi connectivity index (χ0) is 22.6. The third-order valence-electron chi connectivity index (χ3n) is 4.56. The van der Waals surface area contributed by atoms with E-state index in [9.17, 15) is 4.79 Å². The number of anilines is 1. The van der Waals surface area contributed by atoms with Crippen LogP contribution in [0.25, 0.3) is 0 Å². The van der Waals surface area contributed by atoms with Crippen molar-refractivity contribution in [3.05, 3.63) is 42.1 Å². The van der Waals surface area contributed by atoms with Crippen LogP contribution in [0.1, 0.15) is 5.56 Å². The van der Waals surface area contributed by atoms with E-state index in [0.717, 1.165) is 5.56 Å². The molecule has 0 bridgehead atoms. The molecule has 1 aromatic heterocycles. The Hall–Kier alpha value is -3.04. The van der Waals surface area contributed by atoms with Gasteiger partial charge in [-0.25, -0.2) is 9.78 Å². The summed E-state index contributed by atoms with van der Waals surface area (Å²) in [5.41, 5.74) is 0.979. The van der Waals surface area contributed by atoms with Crippen molar-refractivity contribution in [2.24, 2.45) is 0 Å². The van der Waals surface area contributed by atoms with Gasteiger partial charge in [-0.15, -0.1) is 0 Å². The first-order valence-corrected chi connectivity index (χ1v) is 9.75. The number of methoxy groups -OCH3 is 4. The Morgan fingerprint density at radius 3 is 2.29 bits per heavy atom. The third-order valence-corrected chi connectivity index (χ3v) is 4.56. The fraction of sp³-hybridized carbons (Fsp3) is 0.455. The van der Waals surface area contributed by atoms with Gasteiger partial charge in [0.15, 0.2) is 11.5 Å². The molecule has 0 saturated heterocycles. The maximum absolute atomic E-state index is 12.2. The van der Waals surface area contributed by atoms with Gasteiger partial charge in [0.05, 0.1) is 34.5 Å². The van der Waals surface area contributed by atoms with E-state index in [2.05, 4.69) is 4.98 Å². The molecule has 0 aliphatic heterocycles. The van der Waals surface area contributed by atoms with Gasteiger partial charge in [0.1, 0.15) is 18.5 Å². The van der Waals surface area contributed by atoms with Crippen LogP contribution in [0.5, 0.6) is 17.2 Å². The number of hydrogen-bond donors (Lipinski definition) is 0. The molecule has 1 unspecified atom stereocenters. The van der Waals surface area contributed by atoms with Crippen LogP contribution in [0.3, 0.4) is 0 Å². The smallest absolute Gasteiger partial charge is 0.415 e. The van der Waals surface area contributed by atoms with Gasteiger partial charge >= 0.3 is 6.09 Å². The monoisotopic (exact) mass is 434 g/mol. The molecule has 0 saturated carbocycles. The predicted octanol–water partition coefficient (Wildman–Crippen LogP) is 2.95. The Kier molecular flexibility index (Phi) is 9.86. The highest BCUT2D eigenvalue weighted by atomic mass is 16.6. The second-order valence-corrected chi connectivity index (χ2v) is 6.54. The van der Waals surface area contributed by atoms with Crippen LogP contribution in [0, 0.1) is 0 Å². The third kappa shape index (κ3) is 7.01. The molecule has 170 valence electrons. The van der Waals surface area contributed by atoms with Crippen molar-refractivity contribution in [2.45, 2.75) is 12.5 Å². The van der Waals surface area contributed by atoms with Gasteiger partial charge in [-0.05, 0) is 36.2 Å². The Labute approximate surface area is 182 Å². The number of pyridine rings is 1. The van der Waals surface area contributed by atoms with E-state index < -0.39 is 6.09 Å². The van der Waals surface area contributed by atoms with Gasteiger partial charge in [0.25, 0.3) is 0 Å². The van der Waals surface area contributed by atoms with E-state index in [0.29, 0.717) is 36.1 Å². The van der Waals surface area contributed by atoms with Crippen molar-refractivity contribution in [1.82, 2.24) is 4.98 Å². The summed E-state index contributed by atoms with van der Waals surface area (Å²) < 4.78 is 32.4. The number of benzene rings is 1. The lowest BCUT2D eigenvalue weighted by molar-refractivity contribution is -0.0225. The van der Waals surface area contributed by atoms with Gasteiger partial charge in [-0.1, -0.05) is 6.07 Å². The zero-order valence-corrected chi connectivity index (χ0v) is 18.6. The molecule has 1 heterocycles. The fourth-order valence-electron chi connectivity index (χ4n) is 2.78. The highest BCUT2D eigenvalue weighted by molar-refractivity contribution is 5.85. The van der Waals surface area contributed by atoms with Crippen molar-refractivity contribution in [3.63, 3.8) is 0 Å². The van der Waals surface area contributed by atoms with Crippen LogP contribution in [0.15, 0.2) is 36.5 Å². The molecule has 0 N–H and O–H groups in total. The van der Waals surface area contributed by atoms with Crippen LogP contribution in [0.2, 0.25) is 0 Å². The molecule has 0 radical (unpaired) electrons. The number of rotatable bonds is 12. The average molecular weight is 434 g/mol. The normalized spacial score (nSPS) is 11.5. The number of carbonyl (C=O) groups is 1. The van der Waals surface area contributed by atoms with Gasteiger partial charge in [0, 0.05) is 20.4 Å². The minimum atomic E-state index is -0.516. The molecule has 1 amide bonds. The van der Waals surface area contributed by atoms with Gasteiger partial charge in [-0.2, -0.15) is 0 Å². The summed E-state index contributed by atoms with van der Waals surface area (Å²) in [6, 6.07) is 9.06. The van der Waals surface area contributed by atoms with Crippen LogP contribution in [-0.2, 0) is 20.6 Å². The van der Waals surface area contributed by atoms with Crippen molar-refractivity contribution in [1.29, 1.82) is 0 Å². The summed E-state index contributed by atoms with van der Waals surface area (Å²) in [7, 11) is 7.86. The minimum Gasteiger partial charge on any atom is -0.493 e. The number of ether oxygens (including phenoxy) is 6. The summed E-state index contributed by atoms with van der Waals surface area (Å²) in [4.78, 5) is 17.6. The van der Waals surface area contributed by atoms with E-state index in [1.807, 2.05) is 12.1 Å². The van der Waals surface area contributed by atoms with Gasteiger partial charge in [0.2, 0.25) is 5.75 Å². The van der Waals surface area contributed by atoms with E-state index >= 15 is 0 Å². The Bertz CT molecular complexity index is 792. The topological polar surface area (TPSA) is 88.6 Å². The molecule has 2 aromatic rings. The molecule has 31 heavy (non-hydrogen) atoms. The van der Waals surface area contributed by atoms with Crippen molar-refractivity contribution >= 4 is 11.9 Å². The first-order chi connectivity index (χ1) is 15.0. The number of carbonyl (C=O) groups excluding carboxylic acids is 1. The Balaban J connectivity index is 1.79. The first-order valence-electron chi connectivity index (χ1n) is 9.75. The quantitative estimate of drug-likeness (QED) is 0.471. The molecule has 9 heteroatoms. The summed E-state index contributed by atoms with van der Waals surface area (Å²) >= 11 is 0. The molecular formula is C22H30N2O7. The molecule has 0 fully saturated rings. The summed E-state index contributed by atoms with van der Waals surface area (Å²) in [5, 5.41) is 0. The lowest BCUT2D eigenvalue weighted by atomic mass is 10.1. The highest BCUT2D eigenvalue weighted by Crippen LogP contribution is 2.38. The molecule has 1 atom stereocenters. The SMILES string of the molecule is COc1cc(CCOCC(COC(=O)N(C)c2ccccn2)OC)cc(OC)c1OC. The van der Waals surface area contributed by atoms with Crippen LogP contribution in [0.4, 0.5) is 10.6 Å². The lowest BCUT2D eigenvalue weighted by Crippen LogP contribution is -2.32. The van der Waals surface area contributed by atoms with Crippen molar-refractivity contribution < 1.29 is 33.2 Å². The van der Waals surface area contributed by atoms with Gasteiger partial charge < -0.3 is 28.4 Å². The summed E-state index contributed by atoms with van der Waals surface area (Å²) in [5.74, 6) is 2.24. The summed E-state index contributed by atoms with van der Waals surface area (Å²) in [6.45, 7) is 0.790. The molecule has 2 rings (SSSR count). The molecule has 0 aliphatic carbocycles. The second kappa shape index (κ2) is 12.6. The largest absolute Gasteiger partial charge is 0.493 e. The molecule has 0 spiro atoms. The second-order valence-electron chi connectivity index (χ2n) is 6.54. The Morgan fingerprint density at radius 2 is 1.74 bits per heavy atom. The number of aromatic nitrogens is 1. The van der Waals surface area contributed by atoms with Crippen molar-refractivity contribution in [2.75, 3.05) is 60.2 Å². The minimum absolute atomic E-state index is 0.0662. The number of hydrogen-bond acceptors (Lipinski definition) is 8. The lowest BCUT2D eigenvalue weighted by Gasteiger charge is -2.19. The number of amides is 1. The highest BCUT2D eigenvalue weighted by Gasteiger charge is 2.17. The predicted molar refractivity (Wildman–Crippen MR) is 115 cm³/mol. The van der Waals surface area contributed by atoms with E-state index in [-0.39, 0.29) is 19.3 Å². The average Bonchev–Trinajstić information content (AvgIpc) is 2.82. The maximum Gasteiger partial charge on any atom is 0.415 e. The van der Waals surface area contributed by atoms with E-state index in [1.165, 1.54) is 4.90 Å². The van der Waals surface area contributed by atoms with E-state index in [1.54, 1.807) is 59.9 Å². The van der Waals surface area contributed by atoms with Crippen LogP contribution >= 0.6 is 0 Å². The molecule has 1 aromatic carbocycles. The molecule has 0 aliphatic rings. The maximum atomic E-state index is 12.2. The number of nitrogens with zero attached hydrogens (tertiary/aromatic N) is 2. The van der Waals surface area contributed by atoms with Crippen LogP contribution in [-0.4, -0.2) is 72.5 Å². The zero-order valence-electron chi connectivity index (χ0n) is 18.6. The fourth-order valence-corrected chi connectivity index (χ4v) is 2.78. The molecule has 9 nitrogen and oxygen atoms in total. The molecular weight excluding hydrogens is 404 g/mol. The first kappa shape index (κ1) is 24.2. The van der Waals surface area contributed by atoms with Crippen LogP contribution < -0.4 is 19.1 Å². The van der Waals surface area contributed by atoms with E-state index in [4.69, 9.17) is 28.4 Å². The standard InChI is InChI=1S/C22H30N2O7/c1-24(20-8-6-7-10-23-20)22(25)31-15-17(26-2)14-30-11-9-16-12-18(27-3)21(29-5)19(13-16)28-4/h6-8,10,12-13,17H,9,11,14-15H2,1-5H3. The Morgan fingerprint density at radius 1 is 1.03 bits per heavy atom. The van der Waals surface area contributed by atoms with Gasteiger partial charge in [-0.3, -0.25) is 4.90 Å². The van der Waals surface area contributed by atoms with Crippen molar-refractivity contribution in [3.8, 4) is 17.2 Å². The summed E-state index contributed by atoms with van der Waals surface area (Å²) in [6.07, 6.45) is 1.34.